The van der Waals surface area contributed by atoms with Crippen molar-refractivity contribution < 1.29 is 33.3 Å². The molecule has 1 aliphatic rings. The molecule has 1 aliphatic heterocycles. The highest BCUT2D eigenvalue weighted by Crippen LogP contribution is 2.38. The number of aliphatic carboxylic acids is 1. The van der Waals surface area contributed by atoms with Crippen molar-refractivity contribution in [3.63, 3.8) is 0 Å². The van der Waals surface area contributed by atoms with Crippen molar-refractivity contribution in [2.24, 2.45) is 5.92 Å². The molecule has 1 saturated heterocycles. The van der Waals surface area contributed by atoms with Crippen LogP contribution in [-0.4, -0.2) is 58.2 Å². The van der Waals surface area contributed by atoms with Gasteiger partial charge in [-0.15, -0.1) is 6.58 Å². The third-order valence-electron chi connectivity index (χ3n) is 9.19. The van der Waals surface area contributed by atoms with Crippen LogP contribution in [0.15, 0.2) is 121 Å². The van der Waals surface area contributed by atoms with Crippen LogP contribution < -0.4 is 15.1 Å². The molecular weight excluding hydrogens is 633 g/mol. The first kappa shape index (κ1) is 38.0. The molecule has 0 radical (unpaired) electrons. The molecule has 3 aromatic carbocycles. The second-order valence-electron chi connectivity index (χ2n) is 13.4. The summed E-state index contributed by atoms with van der Waals surface area (Å²) in [5, 5.41) is 13.1. The number of methoxy groups -OCH3 is 1. The summed E-state index contributed by atoms with van der Waals surface area (Å²) in [4.78, 5) is 13.4. The van der Waals surface area contributed by atoms with E-state index in [0.29, 0.717) is 32.7 Å². The Labute approximate surface area is 293 Å². The molecule has 1 N–H and O–H groups in total. The number of allylic oxidation sites excluding steroid dienone is 1. The fourth-order valence-corrected chi connectivity index (χ4v) is 11.1. The number of hydrogen-bond acceptors (Lipinski definition) is 6. The van der Waals surface area contributed by atoms with Gasteiger partial charge in [0.1, 0.15) is 5.75 Å². The molecule has 1 heterocycles. The van der Waals surface area contributed by atoms with Gasteiger partial charge in [-0.3, -0.25) is 0 Å². The van der Waals surface area contributed by atoms with Crippen LogP contribution in [0.3, 0.4) is 0 Å². The van der Waals surface area contributed by atoms with Crippen molar-refractivity contribution >= 4 is 24.7 Å². The van der Waals surface area contributed by atoms with E-state index in [0.717, 1.165) is 16.9 Å². The van der Waals surface area contributed by atoms with Gasteiger partial charge >= 0.3 is 5.97 Å². The Hall–Kier alpha value is -3.79. The predicted octanol–water partition coefficient (Wildman–Crippen LogP) is 7.46. The third-order valence-corrected chi connectivity index (χ3v) is 14.2. The van der Waals surface area contributed by atoms with Crippen molar-refractivity contribution in [3.8, 4) is 5.75 Å². The number of ether oxygens (including phenoxy) is 4. The van der Waals surface area contributed by atoms with Crippen LogP contribution in [0.4, 0.5) is 0 Å². The molecule has 3 aromatic rings. The molecule has 1 fully saturated rings. The summed E-state index contributed by atoms with van der Waals surface area (Å²) >= 11 is 0. The summed E-state index contributed by atoms with van der Waals surface area (Å²) < 4.78 is 30.3. The van der Waals surface area contributed by atoms with Gasteiger partial charge in [-0.2, -0.15) is 0 Å². The predicted molar refractivity (Wildman–Crippen MR) is 198 cm³/mol. The Kier molecular flexibility index (Phi) is 13.8. The van der Waals surface area contributed by atoms with E-state index in [2.05, 4.69) is 75.9 Å². The van der Waals surface area contributed by atoms with Crippen molar-refractivity contribution in [3.05, 3.63) is 127 Å². The smallest absolute Gasteiger partial charge is 0.336 e. The summed E-state index contributed by atoms with van der Waals surface area (Å²) in [6.45, 7) is 14.1. The first-order valence-corrected chi connectivity index (χ1v) is 18.9. The van der Waals surface area contributed by atoms with E-state index in [1.165, 1.54) is 10.4 Å². The molecule has 0 aliphatic carbocycles. The zero-order valence-electron chi connectivity index (χ0n) is 29.6. The van der Waals surface area contributed by atoms with Gasteiger partial charge in [0.15, 0.2) is 11.9 Å². The number of carboxylic acids is 1. The van der Waals surface area contributed by atoms with Gasteiger partial charge in [-0.25, -0.2) is 4.79 Å². The molecule has 4 rings (SSSR count). The molecule has 0 aromatic heterocycles. The Morgan fingerprint density at radius 2 is 1.57 bits per heavy atom. The Balaban J connectivity index is 1.73. The van der Waals surface area contributed by atoms with Gasteiger partial charge in [0.05, 0.1) is 33.5 Å². The standard InChI is InChI=1S/C41H52O7Si/c1-7-8-27-41(39(42)43,47-31-33-22-24-34(44-6)25-23-33)37(32(2)21-26-38-45-29-30-46-38)20-15-28-48-49(40(3,4)5,35-16-11-9-12-17-35)36-18-13-10-14-19-36/h7,9-25,37-38H,1,8,26-31H2,2-6H3,(H,42,43)/b20-15+,32-21+/t37-,41-/m1/s1. The van der Waals surface area contributed by atoms with Crippen LogP contribution in [0.1, 0.15) is 52.5 Å². The lowest BCUT2D eigenvalue weighted by atomic mass is 9.78. The lowest BCUT2D eigenvalue weighted by Crippen LogP contribution is -2.66. The molecule has 0 amide bonds. The minimum atomic E-state index is -2.81. The van der Waals surface area contributed by atoms with E-state index in [4.69, 9.17) is 23.4 Å². The monoisotopic (exact) mass is 684 g/mol. The van der Waals surface area contributed by atoms with E-state index in [9.17, 15) is 9.90 Å². The van der Waals surface area contributed by atoms with E-state index in [1.54, 1.807) is 13.2 Å². The highest BCUT2D eigenvalue weighted by atomic mass is 28.4. The lowest BCUT2D eigenvalue weighted by molar-refractivity contribution is -0.174. The van der Waals surface area contributed by atoms with E-state index in [-0.39, 0.29) is 24.4 Å². The first-order valence-electron chi connectivity index (χ1n) is 17.0. The maximum atomic E-state index is 13.4. The van der Waals surface area contributed by atoms with Gasteiger partial charge in [-0.05, 0) is 52.9 Å². The maximum Gasteiger partial charge on any atom is 0.336 e. The van der Waals surface area contributed by atoms with E-state index >= 15 is 0 Å². The van der Waals surface area contributed by atoms with E-state index in [1.807, 2.05) is 61.5 Å². The molecule has 0 saturated carbocycles. The quantitative estimate of drug-likeness (QED) is 0.110. The number of carboxylic acid groups (broad SMARTS) is 1. The fourth-order valence-electron chi connectivity index (χ4n) is 6.62. The maximum absolute atomic E-state index is 13.4. The second kappa shape index (κ2) is 17.7. The van der Waals surface area contributed by atoms with Crippen LogP contribution in [0, 0.1) is 5.92 Å². The molecule has 49 heavy (non-hydrogen) atoms. The minimum Gasteiger partial charge on any atom is -0.497 e. The Morgan fingerprint density at radius 1 is 0.980 bits per heavy atom. The molecule has 7 nitrogen and oxygen atoms in total. The summed E-state index contributed by atoms with van der Waals surface area (Å²) in [7, 11) is -1.19. The average molecular weight is 685 g/mol. The van der Waals surface area contributed by atoms with Gasteiger partial charge in [0.25, 0.3) is 8.32 Å². The molecule has 2 atom stereocenters. The Morgan fingerprint density at radius 3 is 2.08 bits per heavy atom. The number of carbonyl (C=O) groups is 1. The third kappa shape index (κ3) is 9.26. The SMILES string of the molecule is C=CCC[C@](OCc1ccc(OC)cc1)(C(=O)O)[C@H](/C=C/CO[Si](c1ccccc1)(c1ccccc1)C(C)(C)C)/C(C)=C/CC1OCCO1. The van der Waals surface area contributed by atoms with Gasteiger partial charge in [0.2, 0.25) is 0 Å². The van der Waals surface area contributed by atoms with Crippen LogP contribution in [0.25, 0.3) is 0 Å². The van der Waals surface area contributed by atoms with Gasteiger partial charge in [0, 0.05) is 12.3 Å². The molecule has 8 heteroatoms. The number of hydrogen-bond donors (Lipinski definition) is 1. The molecule has 0 unspecified atom stereocenters. The lowest BCUT2D eigenvalue weighted by Gasteiger charge is -2.43. The van der Waals surface area contributed by atoms with Crippen molar-refractivity contribution in [1.82, 2.24) is 0 Å². The molecular formula is C41H52O7Si. The molecule has 0 bridgehead atoms. The van der Waals surface area contributed by atoms with Crippen molar-refractivity contribution in [2.75, 3.05) is 26.9 Å². The van der Waals surface area contributed by atoms with Crippen molar-refractivity contribution in [1.29, 1.82) is 0 Å². The van der Waals surface area contributed by atoms with Crippen LogP contribution >= 0.6 is 0 Å². The summed E-state index contributed by atoms with van der Waals surface area (Å²) in [6, 6.07) is 28.4. The zero-order valence-corrected chi connectivity index (χ0v) is 30.6. The first-order chi connectivity index (χ1) is 23.6. The average Bonchev–Trinajstić information content (AvgIpc) is 3.64. The van der Waals surface area contributed by atoms with Crippen molar-refractivity contribution in [2.45, 2.75) is 70.5 Å². The fraction of sp³-hybridized carbons (Fsp3) is 0.390. The van der Waals surface area contributed by atoms with Gasteiger partial charge < -0.3 is 28.5 Å². The summed E-state index contributed by atoms with van der Waals surface area (Å²) in [5.74, 6) is -0.935. The van der Waals surface area contributed by atoms with Crippen LogP contribution in [0.5, 0.6) is 5.75 Å². The van der Waals surface area contributed by atoms with Gasteiger partial charge in [-0.1, -0.05) is 123 Å². The van der Waals surface area contributed by atoms with E-state index < -0.39 is 25.8 Å². The Bertz CT molecular complexity index is 1480. The topological polar surface area (TPSA) is 83.5 Å². The van der Waals surface area contributed by atoms with Crippen LogP contribution in [-0.2, 0) is 30.0 Å². The highest BCUT2D eigenvalue weighted by molar-refractivity contribution is 6.99. The number of rotatable bonds is 18. The summed E-state index contributed by atoms with van der Waals surface area (Å²) in [5.41, 5.74) is 0.110. The normalized spacial score (nSPS) is 16.4. The molecule has 0 spiro atoms. The minimum absolute atomic E-state index is 0.110. The number of benzene rings is 3. The summed E-state index contributed by atoms with van der Waals surface area (Å²) in [6.07, 6.45) is 8.50. The second-order valence-corrected chi connectivity index (χ2v) is 17.7. The molecule has 262 valence electrons. The highest BCUT2D eigenvalue weighted by Gasteiger charge is 2.50. The largest absolute Gasteiger partial charge is 0.497 e. The van der Waals surface area contributed by atoms with Crippen LogP contribution in [0.2, 0.25) is 5.04 Å². The zero-order chi connectivity index (χ0) is 35.3.